The summed E-state index contributed by atoms with van der Waals surface area (Å²) < 4.78 is 88.7. The highest BCUT2D eigenvalue weighted by Gasteiger charge is 2.40. The summed E-state index contributed by atoms with van der Waals surface area (Å²) in [6, 6.07) is 5.51. The lowest BCUT2D eigenvalue weighted by atomic mass is 9.97. The third kappa shape index (κ3) is 14.8. The molecular formula is C29H51N3O11S2. The molecule has 0 unspecified atom stereocenters. The van der Waals surface area contributed by atoms with Crippen LogP contribution in [0.4, 0.5) is 4.79 Å². The molecule has 0 radical (unpaired) electrons. The molecule has 0 spiro atoms. The third-order valence-electron chi connectivity index (χ3n) is 6.52. The zero-order valence-corrected chi connectivity index (χ0v) is 28.8. The van der Waals surface area contributed by atoms with Crippen LogP contribution in [0.25, 0.3) is 0 Å². The number of carbonyl (C=O) groups is 1. The van der Waals surface area contributed by atoms with E-state index in [0.29, 0.717) is 31.1 Å². The molecule has 1 saturated carbocycles. The Balaban J connectivity index is 2.09. The Morgan fingerprint density at radius 1 is 0.867 bits per heavy atom. The highest BCUT2D eigenvalue weighted by atomic mass is 32.3. The maximum atomic E-state index is 13.0. The van der Waals surface area contributed by atoms with E-state index < -0.39 is 26.5 Å². The summed E-state index contributed by atoms with van der Waals surface area (Å²) >= 11 is 0. The van der Waals surface area contributed by atoms with E-state index in [1.54, 1.807) is 34.8 Å². The maximum Gasteiger partial charge on any atom is 0.440 e. The first-order valence-corrected chi connectivity index (χ1v) is 18.3. The number of rotatable bonds is 22. The molecule has 1 aromatic rings. The highest BCUT2D eigenvalue weighted by Crippen LogP contribution is 2.30. The number of methoxy groups -OCH3 is 1. The normalized spacial score (nSPS) is 14.6. The van der Waals surface area contributed by atoms with E-state index in [-0.39, 0.29) is 61.4 Å². The molecule has 45 heavy (non-hydrogen) atoms. The van der Waals surface area contributed by atoms with Crippen molar-refractivity contribution in [3.8, 4) is 11.5 Å². The Morgan fingerprint density at radius 2 is 1.47 bits per heavy atom. The molecule has 2 rings (SSSR count). The quantitative estimate of drug-likeness (QED) is 0.172. The Hall–Kier alpha value is -2.21. The topological polar surface area (TPSA) is 168 Å². The van der Waals surface area contributed by atoms with Gasteiger partial charge in [0, 0.05) is 26.3 Å². The minimum absolute atomic E-state index is 0.0308. The van der Waals surface area contributed by atoms with Gasteiger partial charge in [0.15, 0.2) is 0 Å². The molecule has 0 atom stereocenters. The van der Waals surface area contributed by atoms with E-state index in [9.17, 15) is 21.6 Å². The van der Waals surface area contributed by atoms with Gasteiger partial charge >= 0.3 is 26.5 Å². The molecule has 2 N–H and O–H groups in total. The maximum absolute atomic E-state index is 13.0. The SMILES string of the molecule is COCCOc1ccc(CCCOC(=O)N(S(=O)(=O)NCCOC(C)C)S(=O)(=O)NCCOC(C)C)c(OC2CCCCC2)c1. The molecule has 16 heteroatoms. The lowest BCUT2D eigenvalue weighted by Crippen LogP contribution is -2.53. The fraction of sp³-hybridized carbons (Fsp3) is 0.759. The predicted molar refractivity (Wildman–Crippen MR) is 169 cm³/mol. The first-order chi connectivity index (χ1) is 21.4. The van der Waals surface area contributed by atoms with E-state index >= 15 is 0 Å². The summed E-state index contributed by atoms with van der Waals surface area (Å²) in [6.07, 6.45) is 4.17. The largest absolute Gasteiger partial charge is 0.491 e. The molecule has 1 amide bonds. The van der Waals surface area contributed by atoms with Crippen LogP contribution < -0.4 is 18.9 Å². The molecule has 0 aliphatic heterocycles. The Morgan fingerprint density at radius 3 is 2.02 bits per heavy atom. The van der Waals surface area contributed by atoms with E-state index in [1.165, 1.54) is 6.42 Å². The number of ether oxygens (including phenoxy) is 6. The van der Waals surface area contributed by atoms with Crippen LogP contribution in [0.5, 0.6) is 11.5 Å². The minimum atomic E-state index is -4.86. The van der Waals surface area contributed by atoms with Crippen LogP contribution in [0.3, 0.4) is 0 Å². The van der Waals surface area contributed by atoms with Crippen LogP contribution >= 0.6 is 0 Å². The van der Waals surface area contributed by atoms with Gasteiger partial charge in [0.2, 0.25) is 0 Å². The van der Waals surface area contributed by atoms with Gasteiger partial charge in [-0.25, -0.2) is 4.79 Å². The molecule has 14 nitrogen and oxygen atoms in total. The third-order valence-corrected chi connectivity index (χ3v) is 10.0. The van der Waals surface area contributed by atoms with Gasteiger partial charge in [0.05, 0.1) is 44.7 Å². The summed E-state index contributed by atoms with van der Waals surface area (Å²) in [7, 11) is -8.13. The first-order valence-electron chi connectivity index (χ1n) is 15.5. The fourth-order valence-electron chi connectivity index (χ4n) is 4.39. The van der Waals surface area contributed by atoms with E-state index in [2.05, 4.69) is 9.44 Å². The molecule has 1 aromatic carbocycles. The lowest BCUT2D eigenvalue weighted by molar-refractivity contribution is 0.0829. The molecule has 1 aliphatic rings. The van der Waals surface area contributed by atoms with Crippen molar-refractivity contribution in [3.63, 3.8) is 0 Å². The number of benzene rings is 1. The molecule has 0 bridgehead atoms. The Kier molecular flexibility index (Phi) is 17.4. The number of nitrogens with one attached hydrogen (secondary N) is 2. The monoisotopic (exact) mass is 681 g/mol. The molecule has 260 valence electrons. The molecule has 1 fully saturated rings. The molecular weight excluding hydrogens is 630 g/mol. The summed E-state index contributed by atoms with van der Waals surface area (Å²) in [5, 5.41) is 0. The number of hydrogen-bond acceptors (Lipinski definition) is 11. The second-order valence-electron chi connectivity index (χ2n) is 11.0. The zero-order chi connectivity index (χ0) is 33.3. The molecule has 0 heterocycles. The van der Waals surface area contributed by atoms with Crippen molar-refractivity contribution in [2.75, 3.05) is 53.2 Å². The van der Waals surface area contributed by atoms with Crippen molar-refractivity contribution in [1.29, 1.82) is 0 Å². The number of amides is 1. The minimum Gasteiger partial charge on any atom is -0.491 e. The number of hydrogen-bond donors (Lipinski definition) is 2. The van der Waals surface area contributed by atoms with Gasteiger partial charge in [-0.3, -0.25) is 0 Å². The Bertz CT molecular complexity index is 1180. The summed E-state index contributed by atoms with van der Waals surface area (Å²) in [5.74, 6) is 1.30. The van der Waals surface area contributed by atoms with Crippen molar-refractivity contribution in [2.45, 2.75) is 91.0 Å². The fourth-order valence-corrected chi connectivity index (χ4v) is 7.16. The van der Waals surface area contributed by atoms with Crippen molar-refractivity contribution < 1.29 is 50.1 Å². The van der Waals surface area contributed by atoms with Gasteiger partial charge in [-0.15, -0.1) is 0 Å². The average molecular weight is 682 g/mol. The van der Waals surface area contributed by atoms with Crippen molar-refractivity contribution in [2.24, 2.45) is 0 Å². The number of aryl methyl sites for hydroxylation is 1. The van der Waals surface area contributed by atoms with Gasteiger partial charge < -0.3 is 28.4 Å². The predicted octanol–water partition coefficient (Wildman–Crippen LogP) is 3.31. The van der Waals surface area contributed by atoms with Gasteiger partial charge in [0.1, 0.15) is 18.1 Å². The summed E-state index contributed by atoms with van der Waals surface area (Å²) in [4.78, 5) is 13.0. The van der Waals surface area contributed by atoms with Crippen LogP contribution in [0, 0.1) is 0 Å². The lowest BCUT2D eigenvalue weighted by Gasteiger charge is -2.25. The highest BCUT2D eigenvalue weighted by molar-refractivity contribution is 8.03. The first kappa shape index (κ1) is 39.0. The van der Waals surface area contributed by atoms with E-state index in [4.69, 9.17) is 28.4 Å². The van der Waals surface area contributed by atoms with Crippen molar-refractivity contribution in [1.82, 2.24) is 13.2 Å². The van der Waals surface area contributed by atoms with Crippen molar-refractivity contribution >= 4 is 26.5 Å². The molecule has 0 saturated heterocycles. The summed E-state index contributed by atoms with van der Waals surface area (Å²) in [6.45, 7) is 7.06. The second kappa shape index (κ2) is 20.1. The second-order valence-corrected chi connectivity index (χ2v) is 14.5. The van der Waals surface area contributed by atoms with Gasteiger partial charge in [-0.2, -0.15) is 26.3 Å². The van der Waals surface area contributed by atoms with Crippen LogP contribution in [-0.2, 0) is 45.8 Å². The zero-order valence-electron chi connectivity index (χ0n) is 27.1. The van der Waals surface area contributed by atoms with Gasteiger partial charge in [0.25, 0.3) is 0 Å². The molecule has 1 aliphatic carbocycles. The van der Waals surface area contributed by atoms with Crippen molar-refractivity contribution in [3.05, 3.63) is 23.8 Å². The summed E-state index contributed by atoms with van der Waals surface area (Å²) in [5.41, 5.74) is 0.853. The molecule has 0 aromatic heterocycles. The van der Waals surface area contributed by atoms with Crippen LogP contribution in [-0.4, -0.2) is 98.2 Å². The van der Waals surface area contributed by atoms with Crippen LogP contribution in [0.15, 0.2) is 18.2 Å². The van der Waals surface area contributed by atoms with E-state index in [1.807, 2.05) is 18.2 Å². The number of carbonyl (C=O) groups excluding carboxylic acids is 1. The van der Waals surface area contributed by atoms with Crippen LogP contribution in [0.1, 0.15) is 71.8 Å². The number of nitrogens with zero attached hydrogens (tertiary/aromatic N) is 1. The smallest absolute Gasteiger partial charge is 0.440 e. The van der Waals surface area contributed by atoms with E-state index in [0.717, 1.165) is 31.2 Å². The van der Waals surface area contributed by atoms with Crippen LogP contribution in [0.2, 0.25) is 0 Å². The van der Waals surface area contributed by atoms with Gasteiger partial charge in [-0.05, 0) is 77.8 Å². The average Bonchev–Trinajstić information content (AvgIpc) is 2.97. The standard InChI is InChI=1S/C29H51N3O11S2/c1-23(2)39-18-15-30-44(34,35)32(45(36,37)31-16-19-40-24(3)4)29(33)42-17-9-10-25-13-14-27(41-21-20-38-5)22-28(25)43-26-11-7-6-8-12-26/h13-14,22-24,26,30-31H,6-12,15-21H2,1-5H3. The van der Waals surface area contributed by atoms with Gasteiger partial charge in [-0.1, -0.05) is 16.2 Å². The Labute approximate surface area is 268 Å².